The average molecular weight is 333 g/mol. The molecule has 2 amide bonds. The van der Waals surface area contributed by atoms with E-state index in [2.05, 4.69) is 15.9 Å². The molecule has 94 valence electrons. The number of hydrogen-bond donors (Lipinski definition) is 0. The number of rotatable bonds is 2. The normalized spacial score (nSPS) is 15.1. The van der Waals surface area contributed by atoms with Crippen LogP contribution in [0.15, 0.2) is 22.7 Å². The number of amides is 2. The van der Waals surface area contributed by atoms with E-state index in [1.807, 2.05) is 0 Å². The zero-order valence-electron chi connectivity index (χ0n) is 8.98. The van der Waals surface area contributed by atoms with Crippen molar-refractivity contribution in [1.82, 2.24) is 5.06 Å². The molecule has 0 atom stereocenters. The Bertz CT molecular complexity index is 530. The van der Waals surface area contributed by atoms with Crippen LogP contribution in [0.1, 0.15) is 23.2 Å². The van der Waals surface area contributed by atoms with Gasteiger partial charge in [0, 0.05) is 17.3 Å². The number of carbonyl (C=O) groups is 3. The molecule has 5 nitrogen and oxygen atoms in total. The fourth-order valence-electron chi connectivity index (χ4n) is 1.42. The first-order chi connectivity index (χ1) is 8.49. The van der Waals surface area contributed by atoms with Crippen molar-refractivity contribution in [3.63, 3.8) is 0 Å². The Morgan fingerprint density at radius 2 is 1.89 bits per heavy atom. The summed E-state index contributed by atoms with van der Waals surface area (Å²) in [7, 11) is 0. The molecule has 0 spiro atoms. The predicted molar refractivity (Wildman–Crippen MR) is 65.7 cm³/mol. The van der Waals surface area contributed by atoms with Gasteiger partial charge < -0.3 is 4.84 Å². The van der Waals surface area contributed by atoms with Crippen LogP contribution in [-0.4, -0.2) is 22.8 Å². The van der Waals surface area contributed by atoms with E-state index in [4.69, 9.17) is 16.4 Å². The second-order valence-corrected chi connectivity index (χ2v) is 4.85. The minimum absolute atomic E-state index is 0.0659. The molecule has 1 fully saturated rings. The lowest BCUT2D eigenvalue weighted by molar-refractivity contribution is -0.172. The van der Waals surface area contributed by atoms with Crippen LogP contribution in [0.5, 0.6) is 0 Å². The number of nitrogens with zero attached hydrogens (tertiary/aromatic N) is 1. The highest BCUT2D eigenvalue weighted by Crippen LogP contribution is 2.24. The zero-order chi connectivity index (χ0) is 13.3. The molecular formula is C11H7BrClNO4. The molecule has 0 unspecified atom stereocenters. The molecule has 1 saturated heterocycles. The third-order valence-corrected chi connectivity index (χ3v) is 3.55. The molecule has 0 N–H and O–H groups in total. The maximum atomic E-state index is 11.7. The zero-order valence-corrected chi connectivity index (χ0v) is 11.3. The first kappa shape index (κ1) is 13.0. The van der Waals surface area contributed by atoms with Crippen molar-refractivity contribution >= 4 is 45.3 Å². The van der Waals surface area contributed by atoms with Crippen LogP contribution in [0.3, 0.4) is 0 Å². The topological polar surface area (TPSA) is 63.7 Å². The molecule has 1 aliphatic rings. The Hall–Kier alpha value is -1.40. The van der Waals surface area contributed by atoms with Gasteiger partial charge in [-0.2, -0.15) is 0 Å². The van der Waals surface area contributed by atoms with Crippen LogP contribution in [0.4, 0.5) is 0 Å². The summed E-state index contributed by atoms with van der Waals surface area (Å²) in [6.07, 6.45) is 0.132. The summed E-state index contributed by atoms with van der Waals surface area (Å²) in [6, 6.07) is 4.41. The first-order valence-corrected chi connectivity index (χ1v) is 6.19. The molecule has 1 aromatic rings. The van der Waals surface area contributed by atoms with Crippen molar-refractivity contribution in [2.75, 3.05) is 0 Å². The van der Waals surface area contributed by atoms with Crippen molar-refractivity contribution in [3.8, 4) is 0 Å². The van der Waals surface area contributed by atoms with Crippen LogP contribution in [-0.2, 0) is 14.4 Å². The van der Waals surface area contributed by atoms with Crippen molar-refractivity contribution in [2.24, 2.45) is 0 Å². The van der Waals surface area contributed by atoms with Gasteiger partial charge in [-0.25, -0.2) is 4.79 Å². The first-order valence-electron chi connectivity index (χ1n) is 5.02. The number of imide groups is 1. The highest BCUT2D eigenvalue weighted by atomic mass is 79.9. The molecule has 0 saturated carbocycles. The van der Waals surface area contributed by atoms with Gasteiger partial charge in [-0.05, 0) is 34.1 Å². The second kappa shape index (κ2) is 5.07. The highest BCUT2D eigenvalue weighted by molar-refractivity contribution is 9.10. The van der Waals surface area contributed by atoms with Crippen LogP contribution >= 0.6 is 27.5 Å². The Balaban J connectivity index is 2.14. The van der Waals surface area contributed by atoms with E-state index in [1.165, 1.54) is 18.2 Å². The second-order valence-electron chi connectivity index (χ2n) is 3.59. The van der Waals surface area contributed by atoms with Gasteiger partial charge in [0.15, 0.2) is 0 Å². The fourth-order valence-corrected chi connectivity index (χ4v) is 1.91. The molecule has 1 aromatic carbocycles. The average Bonchev–Trinajstić information content (AvgIpc) is 2.64. The van der Waals surface area contributed by atoms with Crippen LogP contribution in [0, 0.1) is 0 Å². The summed E-state index contributed by atoms with van der Waals surface area (Å²) in [5.74, 6) is -1.81. The van der Waals surface area contributed by atoms with E-state index < -0.39 is 17.8 Å². The molecule has 1 aliphatic heterocycles. The number of carbonyl (C=O) groups excluding carboxylic acids is 3. The number of hydroxylamine groups is 2. The molecule has 0 aliphatic carbocycles. The van der Waals surface area contributed by atoms with Gasteiger partial charge in [-0.3, -0.25) is 9.59 Å². The minimum Gasteiger partial charge on any atom is -0.325 e. The van der Waals surface area contributed by atoms with Gasteiger partial charge in [0.25, 0.3) is 11.8 Å². The van der Waals surface area contributed by atoms with Crippen molar-refractivity contribution in [1.29, 1.82) is 0 Å². The monoisotopic (exact) mass is 331 g/mol. The largest absolute Gasteiger partial charge is 0.363 e. The summed E-state index contributed by atoms with van der Waals surface area (Å²) in [5, 5.41) is 0.949. The maximum Gasteiger partial charge on any atom is 0.363 e. The Morgan fingerprint density at radius 3 is 2.44 bits per heavy atom. The van der Waals surface area contributed by atoms with Gasteiger partial charge >= 0.3 is 5.97 Å². The number of hydrogen-bond acceptors (Lipinski definition) is 4. The summed E-state index contributed by atoms with van der Waals surface area (Å²) in [6.45, 7) is 0. The van der Waals surface area contributed by atoms with E-state index in [0.29, 0.717) is 14.6 Å². The number of halogens is 2. The Kier molecular flexibility index (Phi) is 3.68. The standard InChI is InChI=1S/C11H7BrClNO4/c12-7-5-6(1-2-8(7)13)11(17)18-14-9(15)3-4-10(14)16/h1-2,5H,3-4H2. The van der Waals surface area contributed by atoms with E-state index in [0.717, 1.165) is 0 Å². The number of benzene rings is 1. The Morgan fingerprint density at radius 1 is 1.28 bits per heavy atom. The smallest absolute Gasteiger partial charge is 0.325 e. The molecule has 0 bridgehead atoms. The molecule has 2 rings (SSSR count). The van der Waals surface area contributed by atoms with Gasteiger partial charge in [-0.15, -0.1) is 5.06 Å². The van der Waals surface area contributed by atoms with Crippen LogP contribution in [0.25, 0.3) is 0 Å². The molecule has 0 radical (unpaired) electrons. The Labute approximate surface area is 116 Å². The summed E-state index contributed by atoms with van der Waals surface area (Å²) >= 11 is 8.95. The summed E-state index contributed by atoms with van der Waals surface area (Å²) < 4.78 is 0.526. The minimum atomic E-state index is -0.782. The molecular weight excluding hydrogens is 325 g/mol. The van der Waals surface area contributed by atoms with E-state index in [1.54, 1.807) is 0 Å². The fraction of sp³-hybridized carbons (Fsp3) is 0.182. The van der Waals surface area contributed by atoms with Crippen molar-refractivity contribution in [2.45, 2.75) is 12.8 Å². The highest BCUT2D eigenvalue weighted by Gasteiger charge is 2.33. The SMILES string of the molecule is O=C(ON1C(=O)CCC1=O)c1ccc(Cl)c(Br)c1. The van der Waals surface area contributed by atoms with Gasteiger partial charge in [0.2, 0.25) is 0 Å². The van der Waals surface area contributed by atoms with E-state index in [-0.39, 0.29) is 18.4 Å². The lowest BCUT2D eigenvalue weighted by Crippen LogP contribution is -2.32. The molecule has 7 heteroatoms. The molecule has 1 heterocycles. The van der Waals surface area contributed by atoms with Gasteiger partial charge in [0.1, 0.15) is 0 Å². The molecule has 18 heavy (non-hydrogen) atoms. The van der Waals surface area contributed by atoms with Crippen molar-refractivity contribution in [3.05, 3.63) is 33.3 Å². The quantitative estimate of drug-likeness (QED) is 0.780. The van der Waals surface area contributed by atoms with E-state index >= 15 is 0 Å². The van der Waals surface area contributed by atoms with Crippen molar-refractivity contribution < 1.29 is 19.2 Å². The predicted octanol–water partition coefficient (Wildman–Crippen LogP) is 2.32. The maximum absolute atomic E-state index is 11.7. The van der Waals surface area contributed by atoms with Gasteiger partial charge in [0.05, 0.1) is 10.6 Å². The summed E-state index contributed by atoms with van der Waals surface area (Å²) in [5.41, 5.74) is 0.193. The van der Waals surface area contributed by atoms with E-state index in [9.17, 15) is 14.4 Å². The van der Waals surface area contributed by atoms with Gasteiger partial charge in [-0.1, -0.05) is 11.6 Å². The third-order valence-electron chi connectivity index (χ3n) is 2.34. The third kappa shape index (κ3) is 2.54. The lowest BCUT2D eigenvalue weighted by atomic mass is 10.2. The molecule has 0 aromatic heterocycles. The summed E-state index contributed by atoms with van der Waals surface area (Å²) in [4.78, 5) is 39.0. The van der Waals surface area contributed by atoms with Crippen LogP contribution in [0.2, 0.25) is 5.02 Å². The lowest BCUT2D eigenvalue weighted by Gasteiger charge is -2.12. The van der Waals surface area contributed by atoms with Crippen LogP contribution < -0.4 is 0 Å².